The highest BCUT2D eigenvalue weighted by atomic mass is 19.1. The van der Waals surface area contributed by atoms with Gasteiger partial charge in [-0.3, -0.25) is 0 Å². The van der Waals surface area contributed by atoms with E-state index in [4.69, 9.17) is 9.47 Å². The van der Waals surface area contributed by atoms with Crippen LogP contribution in [-0.4, -0.2) is 17.9 Å². The molecule has 1 aliphatic carbocycles. The van der Waals surface area contributed by atoms with Crippen molar-refractivity contribution in [1.29, 1.82) is 0 Å². The van der Waals surface area contributed by atoms with Gasteiger partial charge in [-0.05, 0) is 41.2 Å². The van der Waals surface area contributed by atoms with Gasteiger partial charge in [-0.25, -0.2) is 4.39 Å². The summed E-state index contributed by atoms with van der Waals surface area (Å²) in [4.78, 5) is 0. The van der Waals surface area contributed by atoms with Gasteiger partial charge in [-0.15, -0.1) is 0 Å². The number of ether oxygens (including phenoxy) is 2. The van der Waals surface area contributed by atoms with E-state index < -0.39 is 12.5 Å². The van der Waals surface area contributed by atoms with Gasteiger partial charge in [-0.1, -0.05) is 18.2 Å². The Morgan fingerprint density at radius 2 is 2.00 bits per heavy atom. The van der Waals surface area contributed by atoms with E-state index in [0.717, 1.165) is 16.0 Å². The first-order chi connectivity index (χ1) is 10.8. The van der Waals surface area contributed by atoms with E-state index >= 15 is 0 Å². The first kappa shape index (κ1) is 14.9. The van der Waals surface area contributed by atoms with Gasteiger partial charge in [0.25, 0.3) is 6.29 Å². The molecule has 0 spiro atoms. The second kappa shape index (κ2) is 6.79. The summed E-state index contributed by atoms with van der Waals surface area (Å²) in [6.45, 7) is 0.0659. The minimum Gasteiger partial charge on any atom is -0.459 e. The van der Waals surface area contributed by atoms with E-state index in [9.17, 15) is 9.50 Å². The predicted molar refractivity (Wildman–Crippen MR) is 82.5 cm³/mol. The summed E-state index contributed by atoms with van der Waals surface area (Å²) in [5.41, 5.74) is 0.828. The monoisotopic (exact) mass is 302 g/mol. The van der Waals surface area contributed by atoms with Crippen molar-refractivity contribution in [3.8, 4) is 0 Å². The summed E-state index contributed by atoms with van der Waals surface area (Å²) in [5, 5.41) is 11.1. The Morgan fingerprint density at radius 3 is 2.86 bits per heavy atom. The number of hydrogen-bond acceptors (Lipinski definition) is 3. The normalized spacial score (nSPS) is 27.1. The van der Waals surface area contributed by atoms with Crippen molar-refractivity contribution in [2.75, 3.05) is 6.61 Å². The molecule has 1 aliphatic heterocycles. The van der Waals surface area contributed by atoms with E-state index in [1.807, 2.05) is 36.4 Å². The van der Waals surface area contributed by atoms with Gasteiger partial charge in [0.1, 0.15) is 6.17 Å². The molecular formula is C18H19FO3. The van der Waals surface area contributed by atoms with Gasteiger partial charge in [0.2, 0.25) is 0 Å². The third-order valence-corrected chi connectivity index (χ3v) is 3.83. The number of fused-ring (bicyclic) bond motifs is 1. The number of benzene rings is 1. The molecule has 1 N–H and O–H groups in total. The topological polar surface area (TPSA) is 38.7 Å². The average molecular weight is 302 g/mol. The number of aliphatic hydroxyl groups is 1. The molecule has 0 saturated heterocycles. The lowest BCUT2D eigenvalue weighted by Crippen LogP contribution is -2.30. The van der Waals surface area contributed by atoms with Crippen LogP contribution in [0.15, 0.2) is 42.9 Å². The van der Waals surface area contributed by atoms with Gasteiger partial charge < -0.3 is 14.6 Å². The fourth-order valence-electron chi connectivity index (χ4n) is 2.56. The van der Waals surface area contributed by atoms with Crippen LogP contribution >= 0.6 is 0 Å². The van der Waals surface area contributed by atoms with Crippen molar-refractivity contribution in [2.24, 2.45) is 5.92 Å². The number of hydrogen-bond donors (Lipinski definition) is 1. The zero-order valence-electron chi connectivity index (χ0n) is 12.2. The molecular weight excluding hydrogens is 283 g/mol. The van der Waals surface area contributed by atoms with Crippen LogP contribution in [-0.2, 0) is 9.47 Å². The molecule has 1 heterocycles. The number of rotatable bonds is 2. The molecule has 3 rings (SSSR count). The second-order valence-electron chi connectivity index (χ2n) is 5.49. The van der Waals surface area contributed by atoms with Crippen LogP contribution in [0.25, 0.3) is 12.2 Å². The van der Waals surface area contributed by atoms with Crippen molar-refractivity contribution in [1.82, 2.24) is 0 Å². The van der Waals surface area contributed by atoms with Gasteiger partial charge in [0, 0.05) is 24.5 Å². The number of allylic oxidation sites excluding steroid dienone is 1. The molecule has 4 heteroatoms. The quantitative estimate of drug-likeness (QED) is 0.909. The molecule has 22 heavy (non-hydrogen) atoms. The van der Waals surface area contributed by atoms with Crippen molar-refractivity contribution in [3.05, 3.63) is 58.9 Å². The molecule has 1 aromatic carbocycles. The molecule has 3 atom stereocenters. The molecule has 0 fully saturated rings. The van der Waals surface area contributed by atoms with E-state index in [1.165, 1.54) is 0 Å². The van der Waals surface area contributed by atoms with E-state index in [2.05, 4.69) is 0 Å². The van der Waals surface area contributed by atoms with E-state index in [1.54, 1.807) is 18.6 Å². The Morgan fingerprint density at radius 1 is 1.14 bits per heavy atom. The van der Waals surface area contributed by atoms with Gasteiger partial charge >= 0.3 is 0 Å². The third-order valence-electron chi connectivity index (χ3n) is 3.83. The first-order valence-electron chi connectivity index (χ1n) is 7.46. The Balaban J connectivity index is 1.87. The Labute approximate surface area is 128 Å². The van der Waals surface area contributed by atoms with Gasteiger partial charge in [0.15, 0.2) is 0 Å². The summed E-state index contributed by atoms with van der Waals surface area (Å²) < 4.78 is 24.7. The minimum absolute atomic E-state index is 0.0253. The standard InChI is InChI=1S/C18H19FO3/c19-17-6-5-14-3-4-15(10-16(14)11-17)18-21-8-1-2-13(12-20)7-9-22-18/h1,3-5,7-11,13,17-18,20H,2,6,12H2. The maximum absolute atomic E-state index is 13.5. The van der Waals surface area contributed by atoms with Crippen LogP contribution < -0.4 is 10.4 Å². The number of halogens is 1. The van der Waals surface area contributed by atoms with Crippen LogP contribution in [0.4, 0.5) is 4.39 Å². The maximum atomic E-state index is 13.5. The maximum Gasteiger partial charge on any atom is 0.265 e. The zero-order chi connectivity index (χ0) is 15.4. The van der Waals surface area contributed by atoms with Crippen LogP contribution in [0.1, 0.15) is 24.7 Å². The molecule has 0 bridgehead atoms. The smallest absolute Gasteiger partial charge is 0.265 e. The summed E-state index contributed by atoms with van der Waals surface area (Å²) in [5.74, 6) is 0.0253. The van der Waals surface area contributed by atoms with E-state index in [-0.39, 0.29) is 12.5 Å². The second-order valence-corrected chi connectivity index (χ2v) is 5.49. The predicted octanol–water partition coefficient (Wildman–Crippen LogP) is 2.06. The van der Waals surface area contributed by atoms with Crippen molar-refractivity contribution < 1.29 is 19.0 Å². The summed E-state index contributed by atoms with van der Waals surface area (Å²) in [6.07, 6.45) is 9.97. The molecule has 0 aromatic heterocycles. The molecule has 1 aromatic rings. The lowest BCUT2D eigenvalue weighted by atomic mass is 10.0. The Kier molecular flexibility index (Phi) is 4.59. The zero-order valence-corrected chi connectivity index (χ0v) is 12.2. The summed E-state index contributed by atoms with van der Waals surface area (Å²) in [6, 6.07) is 5.77. The van der Waals surface area contributed by atoms with Gasteiger partial charge in [0.05, 0.1) is 12.5 Å². The molecule has 3 unspecified atom stereocenters. The highest BCUT2D eigenvalue weighted by Gasteiger charge is 2.14. The minimum atomic E-state index is -0.935. The van der Waals surface area contributed by atoms with Crippen LogP contribution in [0.2, 0.25) is 0 Å². The van der Waals surface area contributed by atoms with Crippen molar-refractivity contribution >= 4 is 12.2 Å². The van der Waals surface area contributed by atoms with Crippen molar-refractivity contribution in [2.45, 2.75) is 25.3 Å². The lowest BCUT2D eigenvalue weighted by Gasteiger charge is -2.17. The summed E-state index contributed by atoms with van der Waals surface area (Å²) in [7, 11) is 0. The van der Waals surface area contributed by atoms with Crippen LogP contribution in [0.3, 0.4) is 0 Å². The SMILES string of the molecule is OCC1C=COC(c2ccc3c(c2)=CC(F)CC=3)OC=CC1. The van der Waals surface area contributed by atoms with Gasteiger partial charge in [-0.2, -0.15) is 0 Å². The fraction of sp³-hybridized carbons (Fsp3) is 0.333. The molecule has 0 amide bonds. The van der Waals surface area contributed by atoms with Crippen molar-refractivity contribution in [3.63, 3.8) is 0 Å². The highest BCUT2D eigenvalue weighted by molar-refractivity contribution is 5.43. The molecule has 2 aliphatic rings. The molecule has 3 nitrogen and oxygen atoms in total. The first-order valence-corrected chi connectivity index (χ1v) is 7.46. The average Bonchev–Trinajstić information content (AvgIpc) is 2.65. The molecule has 0 radical (unpaired) electrons. The number of aliphatic hydroxyl groups excluding tert-OH is 1. The number of alkyl halides is 1. The fourth-order valence-corrected chi connectivity index (χ4v) is 2.56. The Hall–Kier alpha value is -2.07. The summed E-state index contributed by atoms with van der Waals surface area (Å²) >= 11 is 0. The third kappa shape index (κ3) is 3.39. The van der Waals surface area contributed by atoms with E-state index in [0.29, 0.717) is 12.8 Å². The van der Waals surface area contributed by atoms with Crippen LogP contribution in [0, 0.1) is 5.92 Å². The van der Waals surface area contributed by atoms with Crippen LogP contribution in [0.5, 0.6) is 0 Å². The Bertz CT molecular complexity index is 693. The largest absolute Gasteiger partial charge is 0.459 e. The lowest BCUT2D eigenvalue weighted by molar-refractivity contribution is -0.0643. The molecule has 116 valence electrons. The highest BCUT2D eigenvalue weighted by Crippen LogP contribution is 2.20. The molecule has 0 saturated carbocycles.